The topological polar surface area (TPSA) is 58.4 Å². The van der Waals surface area contributed by atoms with Gasteiger partial charge in [0.1, 0.15) is 0 Å². The number of non-ortho nitro benzene ring substituents is 1. The molecule has 1 aliphatic rings. The quantitative estimate of drug-likeness (QED) is 0.627. The molecule has 0 aromatic heterocycles. The molecule has 2 rings (SSSR count). The summed E-state index contributed by atoms with van der Waals surface area (Å²) in [4.78, 5) is 12.7. The van der Waals surface area contributed by atoms with Crippen molar-refractivity contribution in [1.29, 1.82) is 0 Å². The number of nitrogens with one attached hydrogen (secondary N) is 1. The van der Waals surface area contributed by atoms with Crippen molar-refractivity contribution >= 4 is 11.4 Å². The number of nitro groups is 1. The van der Waals surface area contributed by atoms with Gasteiger partial charge in [0.05, 0.1) is 4.92 Å². The van der Waals surface area contributed by atoms with E-state index in [0.29, 0.717) is 12.1 Å². The van der Waals surface area contributed by atoms with E-state index in [2.05, 4.69) is 24.1 Å². The summed E-state index contributed by atoms with van der Waals surface area (Å²) in [7, 11) is 0. The summed E-state index contributed by atoms with van der Waals surface area (Å²) in [6.45, 7) is 6.07. The van der Waals surface area contributed by atoms with Crippen molar-refractivity contribution in [1.82, 2.24) is 5.32 Å². The van der Waals surface area contributed by atoms with Crippen LogP contribution in [-0.2, 0) is 0 Å². The maximum absolute atomic E-state index is 10.8. The molecule has 1 N–H and O–H groups in total. The van der Waals surface area contributed by atoms with Gasteiger partial charge >= 0.3 is 0 Å². The third kappa shape index (κ3) is 2.39. The number of piperazine rings is 1. The van der Waals surface area contributed by atoms with Crippen molar-refractivity contribution in [3.05, 3.63) is 34.4 Å². The number of anilines is 1. The number of benzene rings is 1. The second-order valence-corrected chi connectivity index (χ2v) is 4.54. The van der Waals surface area contributed by atoms with Gasteiger partial charge in [0, 0.05) is 43.0 Å². The third-order valence-electron chi connectivity index (χ3n) is 3.17. The number of rotatable bonds is 2. The van der Waals surface area contributed by atoms with Crippen LogP contribution in [0.2, 0.25) is 0 Å². The minimum atomic E-state index is -0.346. The first-order valence-corrected chi connectivity index (χ1v) is 5.83. The van der Waals surface area contributed by atoms with Crippen LogP contribution < -0.4 is 10.2 Å². The highest BCUT2D eigenvalue weighted by Crippen LogP contribution is 2.25. The van der Waals surface area contributed by atoms with Gasteiger partial charge in [-0.15, -0.1) is 0 Å². The zero-order chi connectivity index (χ0) is 12.4. The van der Waals surface area contributed by atoms with Crippen LogP contribution in [0.1, 0.15) is 13.8 Å². The van der Waals surface area contributed by atoms with Gasteiger partial charge in [-0.05, 0) is 19.9 Å². The van der Waals surface area contributed by atoms with Gasteiger partial charge < -0.3 is 10.2 Å². The summed E-state index contributed by atoms with van der Waals surface area (Å²) in [5, 5.41) is 14.1. The lowest BCUT2D eigenvalue weighted by molar-refractivity contribution is -0.384. The number of nitro benzene ring substituents is 1. The molecule has 0 amide bonds. The Labute approximate surface area is 101 Å². The van der Waals surface area contributed by atoms with Crippen molar-refractivity contribution in [2.45, 2.75) is 25.9 Å². The highest BCUT2D eigenvalue weighted by molar-refractivity contribution is 5.55. The molecule has 1 aromatic carbocycles. The van der Waals surface area contributed by atoms with Crippen molar-refractivity contribution in [2.24, 2.45) is 0 Å². The van der Waals surface area contributed by atoms with Crippen molar-refractivity contribution in [3.8, 4) is 0 Å². The minimum Gasteiger partial charge on any atom is -0.363 e. The summed E-state index contributed by atoms with van der Waals surface area (Å²) in [5.41, 5.74) is 1.08. The molecule has 1 aromatic rings. The standard InChI is InChI=1S/C12H17N3O2/c1-9-7-13-8-10(2)14(9)11-4-3-5-12(6-11)15(16)17/h3-6,9-10,13H,7-8H2,1-2H3. The van der Waals surface area contributed by atoms with E-state index in [1.165, 1.54) is 6.07 Å². The van der Waals surface area contributed by atoms with Gasteiger partial charge in [0.15, 0.2) is 0 Å². The molecule has 0 aliphatic carbocycles. The molecule has 5 nitrogen and oxygen atoms in total. The van der Waals surface area contributed by atoms with E-state index in [4.69, 9.17) is 0 Å². The minimum absolute atomic E-state index is 0.153. The van der Waals surface area contributed by atoms with Gasteiger partial charge in [0.2, 0.25) is 0 Å². The van der Waals surface area contributed by atoms with E-state index in [1.54, 1.807) is 12.1 Å². The Hall–Kier alpha value is -1.62. The van der Waals surface area contributed by atoms with E-state index in [-0.39, 0.29) is 10.6 Å². The first kappa shape index (κ1) is 11.9. The Balaban J connectivity index is 2.31. The van der Waals surface area contributed by atoms with Crippen LogP contribution in [0.15, 0.2) is 24.3 Å². The number of hydrogen-bond donors (Lipinski definition) is 1. The van der Waals surface area contributed by atoms with E-state index in [9.17, 15) is 10.1 Å². The molecule has 0 radical (unpaired) electrons. The van der Waals surface area contributed by atoms with E-state index >= 15 is 0 Å². The lowest BCUT2D eigenvalue weighted by atomic mass is 10.1. The van der Waals surface area contributed by atoms with Gasteiger partial charge in [-0.25, -0.2) is 0 Å². The molecule has 2 atom stereocenters. The smallest absolute Gasteiger partial charge is 0.271 e. The van der Waals surface area contributed by atoms with Crippen LogP contribution in [0, 0.1) is 10.1 Å². The molecule has 1 heterocycles. The van der Waals surface area contributed by atoms with Crippen LogP contribution in [0.3, 0.4) is 0 Å². The lowest BCUT2D eigenvalue weighted by Crippen LogP contribution is -2.55. The SMILES string of the molecule is CC1CNCC(C)N1c1cccc([N+](=O)[O-])c1. The molecule has 1 fully saturated rings. The van der Waals surface area contributed by atoms with Gasteiger partial charge in [-0.1, -0.05) is 6.07 Å². The largest absolute Gasteiger partial charge is 0.363 e. The van der Waals surface area contributed by atoms with Crippen LogP contribution in [0.4, 0.5) is 11.4 Å². The lowest BCUT2D eigenvalue weighted by Gasteiger charge is -2.41. The zero-order valence-electron chi connectivity index (χ0n) is 10.1. The number of hydrogen-bond acceptors (Lipinski definition) is 4. The molecule has 1 aliphatic heterocycles. The summed E-state index contributed by atoms with van der Waals surface area (Å²) < 4.78 is 0. The highest BCUT2D eigenvalue weighted by Gasteiger charge is 2.25. The van der Waals surface area contributed by atoms with Crippen molar-refractivity contribution in [3.63, 3.8) is 0 Å². The van der Waals surface area contributed by atoms with Gasteiger partial charge in [0.25, 0.3) is 5.69 Å². The summed E-state index contributed by atoms with van der Waals surface area (Å²) >= 11 is 0. The predicted molar refractivity (Wildman–Crippen MR) is 67.4 cm³/mol. The molecule has 5 heteroatoms. The second-order valence-electron chi connectivity index (χ2n) is 4.54. The Morgan fingerprint density at radius 2 is 2.00 bits per heavy atom. The van der Waals surface area contributed by atoms with E-state index < -0.39 is 0 Å². The van der Waals surface area contributed by atoms with Crippen LogP contribution in [0.5, 0.6) is 0 Å². The van der Waals surface area contributed by atoms with Crippen molar-refractivity contribution < 1.29 is 4.92 Å². The molecule has 0 spiro atoms. The molecule has 92 valence electrons. The zero-order valence-corrected chi connectivity index (χ0v) is 10.1. The average molecular weight is 235 g/mol. The molecule has 17 heavy (non-hydrogen) atoms. The van der Waals surface area contributed by atoms with Gasteiger partial charge in [-0.3, -0.25) is 10.1 Å². The summed E-state index contributed by atoms with van der Waals surface area (Å²) in [5.74, 6) is 0. The fourth-order valence-electron chi connectivity index (χ4n) is 2.41. The fourth-order valence-corrected chi connectivity index (χ4v) is 2.41. The molecule has 2 unspecified atom stereocenters. The molecular weight excluding hydrogens is 218 g/mol. The maximum atomic E-state index is 10.8. The summed E-state index contributed by atoms with van der Waals surface area (Å²) in [6, 6.07) is 7.56. The molecule has 0 saturated carbocycles. The van der Waals surface area contributed by atoms with E-state index in [0.717, 1.165) is 18.8 Å². The Morgan fingerprint density at radius 1 is 1.35 bits per heavy atom. The second kappa shape index (κ2) is 4.71. The first-order valence-electron chi connectivity index (χ1n) is 5.83. The Morgan fingerprint density at radius 3 is 2.59 bits per heavy atom. The molecule has 0 bridgehead atoms. The molecular formula is C12H17N3O2. The number of nitrogens with zero attached hydrogens (tertiary/aromatic N) is 2. The normalized spacial score (nSPS) is 24.7. The van der Waals surface area contributed by atoms with Crippen molar-refractivity contribution in [2.75, 3.05) is 18.0 Å². The first-order chi connectivity index (χ1) is 8.09. The van der Waals surface area contributed by atoms with Crippen LogP contribution >= 0.6 is 0 Å². The maximum Gasteiger partial charge on any atom is 0.271 e. The van der Waals surface area contributed by atoms with Crippen LogP contribution in [-0.4, -0.2) is 30.1 Å². The monoisotopic (exact) mass is 235 g/mol. The highest BCUT2D eigenvalue weighted by atomic mass is 16.6. The fraction of sp³-hybridized carbons (Fsp3) is 0.500. The predicted octanol–water partition coefficient (Wildman–Crippen LogP) is 1.78. The van der Waals surface area contributed by atoms with E-state index in [1.807, 2.05) is 6.07 Å². The third-order valence-corrected chi connectivity index (χ3v) is 3.17. The molecule has 1 saturated heterocycles. The average Bonchev–Trinajstić information content (AvgIpc) is 2.29. The Bertz CT molecular complexity index is 412. The van der Waals surface area contributed by atoms with Crippen LogP contribution in [0.25, 0.3) is 0 Å². The Kier molecular flexibility index (Phi) is 3.28. The van der Waals surface area contributed by atoms with Gasteiger partial charge in [-0.2, -0.15) is 0 Å². The summed E-state index contributed by atoms with van der Waals surface area (Å²) in [6.07, 6.45) is 0.